The molecule has 1 aliphatic rings. The summed E-state index contributed by atoms with van der Waals surface area (Å²) in [6, 6.07) is -0.0995. The van der Waals surface area contributed by atoms with E-state index in [4.69, 9.17) is 15.6 Å². The Morgan fingerprint density at radius 3 is 2.90 bits per heavy atom. The number of aliphatic hydroxyl groups is 1. The zero-order valence-electron chi connectivity index (χ0n) is 6.29. The lowest BCUT2D eigenvalue weighted by Gasteiger charge is -2.19. The predicted octanol–water partition coefficient (Wildman–Crippen LogP) is -0.269. The highest BCUT2D eigenvalue weighted by molar-refractivity contribution is 4.81. The molecule has 0 radical (unpaired) electrons. The van der Waals surface area contributed by atoms with E-state index in [2.05, 4.69) is 0 Å². The molecular formula is C7H15NO2. The molecule has 0 aromatic rings. The Hall–Kier alpha value is -0.120. The van der Waals surface area contributed by atoms with E-state index in [1.165, 1.54) is 0 Å². The molecular weight excluding hydrogens is 130 g/mol. The first-order chi connectivity index (χ1) is 4.75. The number of hydrogen-bond acceptors (Lipinski definition) is 3. The van der Waals surface area contributed by atoms with Gasteiger partial charge < -0.3 is 15.6 Å². The smallest absolute Gasteiger partial charge is 0.0591 e. The minimum Gasteiger partial charge on any atom is -0.395 e. The zero-order valence-corrected chi connectivity index (χ0v) is 6.29. The lowest BCUT2D eigenvalue weighted by Crippen LogP contribution is -2.37. The summed E-state index contributed by atoms with van der Waals surface area (Å²) in [5.41, 5.74) is 5.64. The van der Waals surface area contributed by atoms with Gasteiger partial charge >= 0.3 is 0 Å². The molecule has 0 bridgehead atoms. The third-order valence-corrected chi connectivity index (χ3v) is 2.20. The third kappa shape index (κ3) is 1.48. The molecule has 3 N–H and O–H groups in total. The molecule has 1 fully saturated rings. The molecule has 1 rings (SSSR count). The van der Waals surface area contributed by atoms with E-state index in [1.807, 2.05) is 6.92 Å². The summed E-state index contributed by atoms with van der Waals surface area (Å²) in [6.07, 6.45) is 1.21. The van der Waals surface area contributed by atoms with Crippen LogP contribution in [0.15, 0.2) is 0 Å². The van der Waals surface area contributed by atoms with Crippen molar-refractivity contribution >= 4 is 0 Å². The van der Waals surface area contributed by atoms with Crippen LogP contribution >= 0.6 is 0 Å². The van der Waals surface area contributed by atoms with Crippen LogP contribution in [0.4, 0.5) is 0 Å². The fraction of sp³-hybridized carbons (Fsp3) is 1.00. The van der Waals surface area contributed by atoms with Crippen molar-refractivity contribution in [3.8, 4) is 0 Å². The molecule has 0 aromatic heterocycles. The Labute approximate surface area is 61.2 Å². The van der Waals surface area contributed by atoms with Gasteiger partial charge in [-0.05, 0) is 13.3 Å². The Balaban J connectivity index is 2.38. The Morgan fingerprint density at radius 2 is 2.50 bits per heavy atom. The van der Waals surface area contributed by atoms with Gasteiger partial charge in [-0.3, -0.25) is 0 Å². The molecule has 10 heavy (non-hydrogen) atoms. The topological polar surface area (TPSA) is 55.5 Å². The fourth-order valence-corrected chi connectivity index (χ4v) is 1.45. The summed E-state index contributed by atoms with van der Waals surface area (Å²) < 4.78 is 5.30. The number of hydrogen-bond donors (Lipinski definition) is 2. The van der Waals surface area contributed by atoms with Gasteiger partial charge in [-0.25, -0.2) is 0 Å². The summed E-state index contributed by atoms with van der Waals surface area (Å²) in [5.74, 6) is 0.352. The van der Waals surface area contributed by atoms with Crippen LogP contribution in [-0.2, 0) is 4.74 Å². The number of rotatable bonds is 2. The molecule has 60 valence electrons. The SMILES string of the molecule is CC1OCCC1C(N)CO. The van der Waals surface area contributed by atoms with Crippen LogP contribution in [0.5, 0.6) is 0 Å². The van der Waals surface area contributed by atoms with Crippen molar-refractivity contribution in [3.05, 3.63) is 0 Å². The summed E-state index contributed by atoms with van der Waals surface area (Å²) in [6.45, 7) is 2.87. The van der Waals surface area contributed by atoms with Crippen LogP contribution in [0.3, 0.4) is 0 Å². The average Bonchev–Trinajstić information content (AvgIpc) is 2.34. The van der Waals surface area contributed by atoms with Gasteiger partial charge in [0.25, 0.3) is 0 Å². The van der Waals surface area contributed by atoms with Gasteiger partial charge in [0, 0.05) is 18.6 Å². The van der Waals surface area contributed by atoms with Crippen molar-refractivity contribution in [2.24, 2.45) is 11.7 Å². The van der Waals surface area contributed by atoms with E-state index in [0.29, 0.717) is 5.92 Å². The third-order valence-electron chi connectivity index (χ3n) is 2.20. The molecule has 1 saturated heterocycles. The molecule has 0 aromatic carbocycles. The summed E-state index contributed by atoms with van der Waals surface area (Å²) in [4.78, 5) is 0. The second kappa shape index (κ2) is 3.32. The normalized spacial score (nSPS) is 36.3. The van der Waals surface area contributed by atoms with E-state index in [-0.39, 0.29) is 18.8 Å². The van der Waals surface area contributed by atoms with Crippen LogP contribution in [0, 0.1) is 5.92 Å². The minimum atomic E-state index is -0.0995. The molecule has 3 heteroatoms. The maximum Gasteiger partial charge on any atom is 0.0591 e. The molecule has 0 amide bonds. The first kappa shape index (κ1) is 7.98. The summed E-state index contributed by atoms with van der Waals surface area (Å²) in [7, 11) is 0. The van der Waals surface area contributed by atoms with Crippen LogP contribution in [-0.4, -0.2) is 30.5 Å². The highest BCUT2D eigenvalue weighted by atomic mass is 16.5. The number of ether oxygens (including phenoxy) is 1. The monoisotopic (exact) mass is 145 g/mol. The lowest BCUT2D eigenvalue weighted by atomic mass is 9.95. The van der Waals surface area contributed by atoms with E-state index in [0.717, 1.165) is 13.0 Å². The number of nitrogens with two attached hydrogens (primary N) is 1. The second-order valence-corrected chi connectivity index (χ2v) is 2.87. The molecule has 1 heterocycles. The van der Waals surface area contributed by atoms with E-state index < -0.39 is 0 Å². The van der Waals surface area contributed by atoms with Gasteiger partial charge in [0.2, 0.25) is 0 Å². The molecule has 0 saturated carbocycles. The molecule has 1 aliphatic heterocycles. The zero-order chi connectivity index (χ0) is 7.56. The van der Waals surface area contributed by atoms with Crippen LogP contribution < -0.4 is 5.73 Å². The standard InChI is InChI=1S/C7H15NO2/c1-5-6(2-3-10-5)7(8)4-9/h5-7,9H,2-4,8H2,1H3. The van der Waals surface area contributed by atoms with Gasteiger partial charge in [0.1, 0.15) is 0 Å². The van der Waals surface area contributed by atoms with Crippen LogP contribution in [0.1, 0.15) is 13.3 Å². The maximum atomic E-state index is 8.73. The van der Waals surface area contributed by atoms with E-state index in [9.17, 15) is 0 Å². The van der Waals surface area contributed by atoms with Gasteiger partial charge in [-0.15, -0.1) is 0 Å². The quantitative estimate of drug-likeness (QED) is 0.562. The molecule has 0 spiro atoms. The van der Waals surface area contributed by atoms with Gasteiger partial charge in [0.05, 0.1) is 12.7 Å². The van der Waals surface area contributed by atoms with Crippen molar-refractivity contribution in [3.63, 3.8) is 0 Å². The average molecular weight is 145 g/mol. The first-order valence-electron chi connectivity index (χ1n) is 3.73. The first-order valence-corrected chi connectivity index (χ1v) is 3.73. The highest BCUT2D eigenvalue weighted by Crippen LogP contribution is 2.22. The second-order valence-electron chi connectivity index (χ2n) is 2.87. The largest absolute Gasteiger partial charge is 0.395 e. The van der Waals surface area contributed by atoms with Crippen molar-refractivity contribution in [2.45, 2.75) is 25.5 Å². The van der Waals surface area contributed by atoms with Gasteiger partial charge in [-0.2, -0.15) is 0 Å². The van der Waals surface area contributed by atoms with Crippen molar-refractivity contribution in [1.29, 1.82) is 0 Å². The Morgan fingerprint density at radius 1 is 1.80 bits per heavy atom. The van der Waals surface area contributed by atoms with E-state index >= 15 is 0 Å². The van der Waals surface area contributed by atoms with Crippen molar-refractivity contribution in [1.82, 2.24) is 0 Å². The van der Waals surface area contributed by atoms with E-state index in [1.54, 1.807) is 0 Å². The van der Waals surface area contributed by atoms with Crippen LogP contribution in [0.25, 0.3) is 0 Å². The summed E-state index contributed by atoms with van der Waals surface area (Å²) in [5, 5.41) is 8.73. The maximum absolute atomic E-state index is 8.73. The lowest BCUT2D eigenvalue weighted by molar-refractivity contribution is 0.0909. The fourth-order valence-electron chi connectivity index (χ4n) is 1.45. The van der Waals surface area contributed by atoms with Crippen LogP contribution in [0.2, 0.25) is 0 Å². The molecule has 3 atom stereocenters. The highest BCUT2D eigenvalue weighted by Gasteiger charge is 2.28. The number of aliphatic hydroxyl groups excluding tert-OH is 1. The van der Waals surface area contributed by atoms with Gasteiger partial charge in [0.15, 0.2) is 0 Å². The Kier molecular flexibility index (Phi) is 2.65. The molecule has 3 nitrogen and oxygen atoms in total. The molecule has 0 aliphatic carbocycles. The van der Waals surface area contributed by atoms with Crippen molar-refractivity contribution < 1.29 is 9.84 Å². The van der Waals surface area contributed by atoms with Crippen molar-refractivity contribution in [2.75, 3.05) is 13.2 Å². The van der Waals surface area contributed by atoms with Gasteiger partial charge in [-0.1, -0.05) is 0 Å². The molecule has 3 unspecified atom stereocenters. The predicted molar refractivity (Wildman–Crippen MR) is 38.6 cm³/mol. The minimum absolute atomic E-state index is 0.0678. The summed E-state index contributed by atoms with van der Waals surface area (Å²) >= 11 is 0. The Bertz CT molecular complexity index is 108.